The maximum absolute atomic E-state index is 13.5. The first-order valence-corrected chi connectivity index (χ1v) is 11.1. The molecule has 0 bridgehead atoms. The third-order valence-electron chi connectivity index (χ3n) is 5.34. The number of carbonyl (C=O) groups excluding carboxylic acids is 1. The lowest BCUT2D eigenvalue weighted by atomic mass is 10.1. The Bertz CT molecular complexity index is 1220. The minimum absolute atomic E-state index is 0.258. The number of carbonyl (C=O) groups is 1. The van der Waals surface area contributed by atoms with Crippen molar-refractivity contribution in [2.45, 2.75) is 25.9 Å². The van der Waals surface area contributed by atoms with E-state index in [4.69, 9.17) is 5.73 Å². The van der Waals surface area contributed by atoms with Gasteiger partial charge in [-0.15, -0.1) is 0 Å². The topological polar surface area (TPSA) is 127 Å². The highest BCUT2D eigenvalue weighted by Gasteiger charge is 2.15. The van der Waals surface area contributed by atoms with E-state index in [1.165, 1.54) is 12.1 Å². The Morgan fingerprint density at radius 1 is 1.21 bits per heavy atom. The number of aryl methyl sites for hydroxylation is 1. The minimum atomic E-state index is -0.275. The van der Waals surface area contributed by atoms with Crippen molar-refractivity contribution < 1.29 is 9.18 Å². The Morgan fingerprint density at radius 2 is 2.12 bits per heavy atom. The van der Waals surface area contributed by atoms with Crippen LogP contribution in [0.25, 0.3) is 11.3 Å². The molecule has 3 heterocycles. The predicted molar refractivity (Wildman–Crippen MR) is 127 cm³/mol. The summed E-state index contributed by atoms with van der Waals surface area (Å²) in [5, 5.41) is 17.2. The molecule has 3 aromatic heterocycles. The van der Waals surface area contributed by atoms with Crippen molar-refractivity contribution in [3.8, 4) is 11.3 Å². The molecule has 4 aromatic rings. The number of nitrogens with one attached hydrogen (secondary N) is 3. The molecule has 10 heteroatoms. The summed E-state index contributed by atoms with van der Waals surface area (Å²) in [5.41, 5.74) is 9.25. The van der Waals surface area contributed by atoms with E-state index in [-0.39, 0.29) is 11.7 Å². The maximum atomic E-state index is 13.5. The van der Waals surface area contributed by atoms with Gasteiger partial charge in [0.15, 0.2) is 0 Å². The average molecular weight is 463 g/mol. The van der Waals surface area contributed by atoms with Crippen molar-refractivity contribution >= 4 is 11.7 Å². The molecule has 34 heavy (non-hydrogen) atoms. The van der Waals surface area contributed by atoms with Gasteiger partial charge in [-0.05, 0) is 55.3 Å². The molecule has 0 aliphatic heterocycles. The van der Waals surface area contributed by atoms with E-state index >= 15 is 0 Å². The summed E-state index contributed by atoms with van der Waals surface area (Å²) in [5.74, 6) is -0.0846. The Hall–Kier alpha value is -4.05. The summed E-state index contributed by atoms with van der Waals surface area (Å²) in [4.78, 5) is 17.7. The van der Waals surface area contributed by atoms with Crippen LogP contribution in [0.15, 0.2) is 61.1 Å². The van der Waals surface area contributed by atoms with Gasteiger partial charge in [0.05, 0.1) is 29.7 Å². The van der Waals surface area contributed by atoms with Crippen molar-refractivity contribution in [3.63, 3.8) is 0 Å². The number of pyridine rings is 1. The molecule has 4 rings (SSSR count). The summed E-state index contributed by atoms with van der Waals surface area (Å²) in [6.07, 6.45) is 6.50. The molecular weight excluding hydrogens is 435 g/mol. The number of aromatic amines is 1. The average Bonchev–Trinajstić information content (AvgIpc) is 3.53. The van der Waals surface area contributed by atoms with Gasteiger partial charge in [-0.3, -0.25) is 14.6 Å². The normalized spacial score (nSPS) is 10.9. The third-order valence-corrected chi connectivity index (χ3v) is 5.34. The molecular formula is C24H27FN8O. The van der Waals surface area contributed by atoms with E-state index in [9.17, 15) is 9.18 Å². The lowest BCUT2D eigenvalue weighted by Gasteiger charge is -2.13. The van der Waals surface area contributed by atoms with Crippen molar-refractivity contribution in [2.24, 2.45) is 5.73 Å². The summed E-state index contributed by atoms with van der Waals surface area (Å²) >= 11 is 0. The Labute approximate surface area is 196 Å². The molecule has 1 aromatic carbocycles. The molecule has 5 N–H and O–H groups in total. The Balaban J connectivity index is 1.48. The van der Waals surface area contributed by atoms with Gasteiger partial charge < -0.3 is 16.4 Å². The number of halogens is 1. The molecule has 0 spiro atoms. The number of hydrogen-bond acceptors (Lipinski definition) is 6. The van der Waals surface area contributed by atoms with Crippen LogP contribution < -0.4 is 16.4 Å². The highest BCUT2D eigenvalue weighted by Crippen LogP contribution is 2.21. The van der Waals surface area contributed by atoms with E-state index in [1.54, 1.807) is 36.8 Å². The molecule has 0 saturated carbocycles. The summed E-state index contributed by atoms with van der Waals surface area (Å²) in [7, 11) is 0. The lowest BCUT2D eigenvalue weighted by molar-refractivity contribution is 0.0950. The summed E-state index contributed by atoms with van der Waals surface area (Å²) in [6, 6.07) is 11.8. The second-order valence-corrected chi connectivity index (χ2v) is 7.76. The number of amides is 1. The zero-order valence-corrected chi connectivity index (χ0v) is 18.7. The summed E-state index contributed by atoms with van der Waals surface area (Å²) < 4.78 is 15.3. The van der Waals surface area contributed by atoms with Crippen LogP contribution in [-0.2, 0) is 19.5 Å². The van der Waals surface area contributed by atoms with Gasteiger partial charge in [0.1, 0.15) is 11.6 Å². The molecule has 0 aliphatic carbocycles. The van der Waals surface area contributed by atoms with Crippen LogP contribution in [0.5, 0.6) is 0 Å². The lowest BCUT2D eigenvalue weighted by Crippen LogP contribution is -2.26. The number of H-pyrrole nitrogens is 1. The van der Waals surface area contributed by atoms with Gasteiger partial charge in [0.25, 0.3) is 5.91 Å². The molecule has 0 aliphatic rings. The standard InChI is InChI=1S/C24H27FN8O/c25-19-4-1-3-17(13-19)7-10-27-23-21(5-6-22(32-23)18-14-29-30-15-18)24(34)28-16-20-8-11-31-33(20)12-2-9-26/h1,3-6,8,11,13-15H,2,7,9-10,12,16,26H2,(H,27,32)(H,28,34)(H,29,30). The molecule has 0 radical (unpaired) electrons. The fourth-order valence-electron chi connectivity index (χ4n) is 3.57. The smallest absolute Gasteiger partial charge is 0.255 e. The molecule has 9 nitrogen and oxygen atoms in total. The first-order valence-electron chi connectivity index (χ1n) is 11.1. The van der Waals surface area contributed by atoms with Crippen LogP contribution in [-0.4, -0.2) is 44.0 Å². The van der Waals surface area contributed by atoms with Crippen molar-refractivity contribution in [3.05, 3.63) is 83.7 Å². The molecule has 176 valence electrons. The first kappa shape index (κ1) is 23.1. The second-order valence-electron chi connectivity index (χ2n) is 7.76. The van der Waals surface area contributed by atoms with Gasteiger partial charge in [0, 0.05) is 31.0 Å². The number of anilines is 1. The van der Waals surface area contributed by atoms with Crippen molar-refractivity contribution in [1.29, 1.82) is 0 Å². The van der Waals surface area contributed by atoms with Gasteiger partial charge in [0.2, 0.25) is 0 Å². The number of hydrogen-bond donors (Lipinski definition) is 4. The summed E-state index contributed by atoms with van der Waals surface area (Å²) in [6.45, 7) is 2.08. The van der Waals surface area contributed by atoms with Gasteiger partial charge in [-0.1, -0.05) is 12.1 Å². The highest BCUT2D eigenvalue weighted by atomic mass is 19.1. The molecule has 1 amide bonds. The monoisotopic (exact) mass is 462 g/mol. The minimum Gasteiger partial charge on any atom is -0.369 e. The van der Waals surface area contributed by atoms with Gasteiger partial charge >= 0.3 is 0 Å². The van der Waals surface area contributed by atoms with Crippen LogP contribution in [0.4, 0.5) is 10.2 Å². The SMILES string of the molecule is NCCCn1nccc1CNC(=O)c1ccc(-c2cn[nH]c2)nc1NCCc1cccc(F)c1. The van der Waals surface area contributed by atoms with Crippen LogP contribution in [0.1, 0.15) is 28.0 Å². The highest BCUT2D eigenvalue weighted by molar-refractivity contribution is 5.99. The fourth-order valence-corrected chi connectivity index (χ4v) is 3.57. The van der Waals surface area contributed by atoms with Gasteiger partial charge in [-0.25, -0.2) is 9.37 Å². The zero-order valence-electron chi connectivity index (χ0n) is 18.7. The maximum Gasteiger partial charge on any atom is 0.255 e. The van der Waals surface area contributed by atoms with Crippen LogP contribution in [0.2, 0.25) is 0 Å². The van der Waals surface area contributed by atoms with Crippen LogP contribution >= 0.6 is 0 Å². The van der Waals surface area contributed by atoms with E-state index in [1.807, 2.05) is 16.8 Å². The molecule has 0 unspecified atom stereocenters. The second kappa shape index (κ2) is 11.2. The number of nitrogens with zero attached hydrogens (tertiary/aromatic N) is 4. The third kappa shape index (κ3) is 5.84. The number of rotatable bonds is 11. The van der Waals surface area contributed by atoms with E-state index in [2.05, 4.69) is 30.9 Å². The molecule has 0 saturated heterocycles. The molecule has 0 atom stereocenters. The fraction of sp³-hybridized carbons (Fsp3) is 0.250. The number of aromatic nitrogens is 5. The number of benzene rings is 1. The number of nitrogens with two attached hydrogens (primary N) is 1. The van der Waals surface area contributed by atoms with Crippen molar-refractivity contribution in [1.82, 2.24) is 30.3 Å². The zero-order chi connectivity index (χ0) is 23.8. The Kier molecular flexibility index (Phi) is 7.61. The van der Waals surface area contributed by atoms with E-state index in [0.717, 1.165) is 23.2 Å². The Morgan fingerprint density at radius 3 is 2.91 bits per heavy atom. The van der Waals surface area contributed by atoms with Crippen LogP contribution in [0.3, 0.4) is 0 Å². The van der Waals surface area contributed by atoms with Crippen LogP contribution in [0, 0.1) is 5.82 Å². The predicted octanol–water partition coefficient (Wildman–Crippen LogP) is 2.74. The van der Waals surface area contributed by atoms with Gasteiger partial charge in [-0.2, -0.15) is 10.2 Å². The molecule has 0 fully saturated rings. The first-order chi connectivity index (χ1) is 16.6. The largest absolute Gasteiger partial charge is 0.369 e. The van der Waals surface area contributed by atoms with Crippen molar-refractivity contribution in [2.75, 3.05) is 18.4 Å². The van der Waals surface area contributed by atoms with E-state index in [0.29, 0.717) is 49.7 Å². The van der Waals surface area contributed by atoms with E-state index < -0.39 is 0 Å². The quantitative estimate of drug-likeness (QED) is 0.272.